The summed E-state index contributed by atoms with van der Waals surface area (Å²) in [6, 6.07) is 7.89. The molecule has 4 nitrogen and oxygen atoms in total. The van der Waals surface area contributed by atoms with Crippen LogP contribution in [0.25, 0.3) is 0 Å². The average Bonchev–Trinajstić information content (AvgIpc) is 3.11. The quantitative estimate of drug-likeness (QED) is 0.644. The van der Waals surface area contributed by atoms with Crippen LogP contribution in [0, 0.1) is 13.8 Å². The zero-order chi connectivity index (χ0) is 18.1. The number of rotatable bonds is 3. The summed E-state index contributed by atoms with van der Waals surface area (Å²) >= 11 is 7.23. The van der Waals surface area contributed by atoms with Gasteiger partial charge in [0.1, 0.15) is 0 Å². The Bertz CT molecular complexity index is 856. The number of thiophene rings is 1. The first-order valence-electron chi connectivity index (χ1n) is 7.93. The molecule has 2 aromatic rings. The number of carbonyl (C=O) groups excluding carboxylic acids is 1. The molecule has 25 heavy (non-hydrogen) atoms. The molecule has 2 heterocycles. The minimum absolute atomic E-state index is 0.299. The van der Waals surface area contributed by atoms with E-state index in [0.29, 0.717) is 10.7 Å². The number of allylic oxidation sites excluding steroid dienone is 1. The molecule has 0 radical (unpaired) electrons. The molecule has 1 unspecified atom stereocenters. The van der Waals surface area contributed by atoms with Gasteiger partial charge in [-0.3, -0.25) is 4.90 Å². The molecule has 130 valence electrons. The molecule has 0 fully saturated rings. The van der Waals surface area contributed by atoms with Crippen LogP contribution in [0.2, 0.25) is 0 Å². The molecule has 0 saturated heterocycles. The fourth-order valence-electron chi connectivity index (χ4n) is 3.06. The molecule has 1 N–H and O–H groups in total. The van der Waals surface area contributed by atoms with Crippen LogP contribution < -0.4 is 10.2 Å². The monoisotopic (exact) mass is 372 g/mol. The predicted molar refractivity (Wildman–Crippen MR) is 106 cm³/mol. The summed E-state index contributed by atoms with van der Waals surface area (Å²) in [5, 5.41) is 7.90. The Morgan fingerprint density at radius 3 is 2.68 bits per heavy atom. The Balaban J connectivity index is 2.18. The summed E-state index contributed by atoms with van der Waals surface area (Å²) < 4.78 is 5.06. The molecule has 0 aliphatic carbocycles. The van der Waals surface area contributed by atoms with Crippen LogP contribution in [0.5, 0.6) is 0 Å². The molecule has 0 spiro atoms. The van der Waals surface area contributed by atoms with Gasteiger partial charge in [0.15, 0.2) is 5.11 Å². The lowest BCUT2D eigenvalue weighted by Crippen LogP contribution is -2.48. The zero-order valence-corrected chi connectivity index (χ0v) is 16.3. The SMILES string of the molecule is COC(=O)C1=C(C)N(c2cc(C)ccc2C)C(=S)NC1c1ccsc1. The van der Waals surface area contributed by atoms with E-state index in [1.54, 1.807) is 11.3 Å². The van der Waals surface area contributed by atoms with Crippen molar-refractivity contribution in [3.05, 3.63) is 63.0 Å². The molecule has 1 aromatic heterocycles. The molecule has 1 aliphatic rings. The summed E-state index contributed by atoms with van der Waals surface area (Å²) in [5.41, 5.74) is 5.58. The summed E-state index contributed by atoms with van der Waals surface area (Å²) in [5.74, 6) is -0.348. The Kier molecular flexibility index (Phi) is 4.92. The number of hydrogen-bond acceptors (Lipinski definition) is 4. The van der Waals surface area contributed by atoms with Gasteiger partial charge in [-0.05, 0) is 72.6 Å². The third kappa shape index (κ3) is 3.19. The highest BCUT2D eigenvalue weighted by Crippen LogP contribution is 2.36. The summed E-state index contributed by atoms with van der Waals surface area (Å²) in [6.45, 7) is 5.99. The standard InChI is InChI=1S/C19H20N2O2S2/c1-11-5-6-12(2)15(9-11)21-13(3)16(18(22)23-4)17(20-19(21)24)14-7-8-25-10-14/h5-10,17H,1-4H3,(H,20,24). The van der Waals surface area contributed by atoms with Gasteiger partial charge in [0.25, 0.3) is 0 Å². The van der Waals surface area contributed by atoms with Crippen molar-refractivity contribution in [2.75, 3.05) is 12.0 Å². The number of benzene rings is 1. The molecular weight excluding hydrogens is 352 g/mol. The van der Waals surface area contributed by atoms with E-state index < -0.39 is 0 Å². The second-order valence-electron chi connectivity index (χ2n) is 6.06. The number of carbonyl (C=O) groups is 1. The first kappa shape index (κ1) is 17.6. The summed E-state index contributed by atoms with van der Waals surface area (Å²) in [4.78, 5) is 14.5. The van der Waals surface area contributed by atoms with Crippen molar-refractivity contribution in [2.24, 2.45) is 0 Å². The van der Waals surface area contributed by atoms with Crippen molar-refractivity contribution in [3.8, 4) is 0 Å². The van der Waals surface area contributed by atoms with E-state index in [0.717, 1.165) is 28.1 Å². The normalized spacial score (nSPS) is 17.5. The predicted octanol–water partition coefficient (Wildman–Crippen LogP) is 4.25. The second-order valence-corrected chi connectivity index (χ2v) is 7.22. The van der Waals surface area contributed by atoms with Crippen molar-refractivity contribution in [3.63, 3.8) is 0 Å². The van der Waals surface area contributed by atoms with Crippen molar-refractivity contribution in [2.45, 2.75) is 26.8 Å². The van der Waals surface area contributed by atoms with Crippen LogP contribution in [-0.4, -0.2) is 18.2 Å². The number of nitrogens with one attached hydrogen (secondary N) is 1. The van der Waals surface area contributed by atoms with E-state index in [1.807, 2.05) is 42.5 Å². The Morgan fingerprint density at radius 2 is 2.04 bits per heavy atom. The fraction of sp³-hybridized carbons (Fsp3) is 0.263. The zero-order valence-electron chi connectivity index (χ0n) is 14.6. The topological polar surface area (TPSA) is 41.6 Å². The molecule has 6 heteroatoms. The number of methoxy groups -OCH3 is 1. The van der Waals surface area contributed by atoms with Gasteiger partial charge in [-0.2, -0.15) is 11.3 Å². The molecule has 1 aliphatic heterocycles. The highest BCUT2D eigenvalue weighted by atomic mass is 32.1. The largest absolute Gasteiger partial charge is 0.466 e. The van der Waals surface area contributed by atoms with E-state index in [4.69, 9.17) is 17.0 Å². The number of ether oxygens (including phenoxy) is 1. The third-order valence-electron chi connectivity index (χ3n) is 4.37. The van der Waals surface area contributed by atoms with Gasteiger partial charge in [0.05, 0.1) is 24.4 Å². The van der Waals surface area contributed by atoms with E-state index in [-0.39, 0.29) is 12.0 Å². The van der Waals surface area contributed by atoms with Crippen molar-refractivity contribution in [1.82, 2.24) is 5.32 Å². The lowest BCUT2D eigenvalue weighted by atomic mass is 9.96. The molecule has 3 rings (SSSR count). The van der Waals surface area contributed by atoms with Crippen LogP contribution >= 0.6 is 23.6 Å². The maximum atomic E-state index is 12.5. The number of aryl methyl sites for hydroxylation is 2. The Hall–Kier alpha value is -2.18. The number of anilines is 1. The molecule has 1 atom stereocenters. The smallest absolute Gasteiger partial charge is 0.337 e. The maximum Gasteiger partial charge on any atom is 0.337 e. The van der Waals surface area contributed by atoms with Gasteiger partial charge in [-0.15, -0.1) is 0 Å². The van der Waals surface area contributed by atoms with Gasteiger partial charge >= 0.3 is 5.97 Å². The van der Waals surface area contributed by atoms with Gasteiger partial charge in [-0.25, -0.2) is 4.79 Å². The number of nitrogens with zero attached hydrogens (tertiary/aromatic N) is 1. The van der Waals surface area contributed by atoms with Gasteiger partial charge in [0.2, 0.25) is 0 Å². The highest BCUT2D eigenvalue weighted by molar-refractivity contribution is 7.80. The van der Waals surface area contributed by atoms with E-state index >= 15 is 0 Å². The fourth-order valence-corrected chi connectivity index (χ4v) is 4.10. The van der Waals surface area contributed by atoms with Crippen molar-refractivity contribution >= 4 is 40.3 Å². The minimum atomic E-state index is -0.348. The van der Waals surface area contributed by atoms with Crippen LogP contribution in [0.4, 0.5) is 5.69 Å². The molecule has 1 aromatic carbocycles. The first-order valence-corrected chi connectivity index (χ1v) is 9.28. The van der Waals surface area contributed by atoms with Gasteiger partial charge in [0, 0.05) is 5.70 Å². The van der Waals surface area contributed by atoms with Gasteiger partial charge < -0.3 is 10.1 Å². The Morgan fingerprint density at radius 1 is 1.28 bits per heavy atom. The van der Waals surface area contributed by atoms with Crippen LogP contribution in [0.3, 0.4) is 0 Å². The molecule has 0 amide bonds. The molecular formula is C19H20N2O2S2. The van der Waals surface area contributed by atoms with E-state index in [2.05, 4.69) is 23.5 Å². The molecule has 0 saturated carbocycles. The highest BCUT2D eigenvalue weighted by Gasteiger charge is 2.35. The number of thiocarbonyl (C=S) groups is 1. The van der Waals surface area contributed by atoms with E-state index in [1.165, 1.54) is 7.11 Å². The lowest BCUT2D eigenvalue weighted by Gasteiger charge is -2.37. The summed E-state index contributed by atoms with van der Waals surface area (Å²) in [7, 11) is 1.41. The first-order chi connectivity index (χ1) is 11.9. The number of hydrogen-bond donors (Lipinski definition) is 1. The molecule has 0 bridgehead atoms. The van der Waals surface area contributed by atoms with Crippen molar-refractivity contribution < 1.29 is 9.53 Å². The van der Waals surface area contributed by atoms with Gasteiger partial charge in [-0.1, -0.05) is 12.1 Å². The van der Waals surface area contributed by atoms with Crippen LogP contribution in [-0.2, 0) is 9.53 Å². The third-order valence-corrected chi connectivity index (χ3v) is 5.37. The maximum absolute atomic E-state index is 12.5. The number of esters is 1. The van der Waals surface area contributed by atoms with Crippen LogP contribution in [0.15, 0.2) is 46.3 Å². The van der Waals surface area contributed by atoms with Crippen molar-refractivity contribution in [1.29, 1.82) is 0 Å². The van der Waals surface area contributed by atoms with Crippen LogP contribution in [0.1, 0.15) is 29.7 Å². The van der Waals surface area contributed by atoms with E-state index in [9.17, 15) is 4.79 Å². The second kappa shape index (κ2) is 6.98. The minimum Gasteiger partial charge on any atom is -0.466 e. The average molecular weight is 373 g/mol. The lowest BCUT2D eigenvalue weighted by molar-refractivity contribution is -0.136. The Labute approximate surface area is 157 Å². The summed E-state index contributed by atoms with van der Waals surface area (Å²) in [6.07, 6.45) is 0.